The summed E-state index contributed by atoms with van der Waals surface area (Å²) in [6, 6.07) is 0.616. The largest absolute Gasteiger partial charge is 0.381 e. The molecule has 3 saturated heterocycles. The third-order valence-electron chi connectivity index (χ3n) is 6.68. The topological polar surface area (TPSA) is 42.0 Å². The number of amides is 1. The molecule has 1 amide bonds. The predicted octanol–water partition coefficient (Wildman–Crippen LogP) is 2.05. The third kappa shape index (κ3) is 3.11. The van der Waals surface area contributed by atoms with E-state index in [-0.39, 0.29) is 5.54 Å². The zero-order valence-corrected chi connectivity index (χ0v) is 15.0. The molecule has 136 valence electrons. The van der Waals surface area contributed by atoms with Gasteiger partial charge in [0.15, 0.2) is 0 Å². The lowest BCUT2D eigenvalue weighted by molar-refractivity contribution is -0.217. The van der Waals surface area contributed by atoms with Gasteiger partial charge in [0.05, 0.1) is 11.6 Å². The Morgan fingerprint density at radius 3 is 2.50 bits per heavy atom. The van der Waals surface area contributed by atoms with Crippen LogP contribution < -0.4 is 0 Å². The molecular formula is C19H32N2O3. The molecule has 0 radical (unpaired) electrons. The van der Waals surface area contributed by atoms with Crippen molar-refractivity contribution in [2.45, 2.75) is 69.6 Å². The summed E-state index contributed by atoms with van der Waals surface area (Å²) in [5.74, 6) is 1.14. The van der Waals surface area contributed by atoms with Gasteiger partial charge in [-0.25, -0.2) is 0 Å². The first-order valence-corrected chi connectivity index (χ1v) is 9.97. The Morgan fingerprint density at radius 1 is 1.17 bits per heavy atom. The van der Waals surface area contributed by atoms with Crippen molar-refractivity contribution in [2.24, 2.45) is 5.92 Å². The van der Waals surface area contributed by atoms with Crippen LogP contribution in [0.2, 0.25) is 0 Å². The van der Waals surface area contributed by atoms with Crippen molar-refractivity contribution in [1.29, 1.82) is 0 Å². The number of likely N-dealkylation sites (tertiary alicyclic amines) is 2. The summed E-state index contributed by atoms with van der Waals surface area (Å²) in [6.45, 7) is 7.59. The number of hydrogen-bond donors (Lipinski definition) is 0. The van der Waals surface area contributed by atoms with Gasteiger partial charge in [-0.15, -0.1) is 0 Å². The van der Waals surface area contributed by atoms with Gasteiger partial charge < -0.3 is 14.4 Å². The fourth-order valence-corrected chi connectivity index (χ4v) is 4.84. The van der Waals surface area contributed by atoms with Crippen LogP contribution in [-0.2, 0) is 14.3 Å². The van der Waals surface area contributed by atoms with Crippen molar-refractivity contribution in [2.75, 3.05) is 39.5 Å². The standard InChI is InChI=1S/C19H32N2O3/c1-2-18(22)20-9-5-16(6-10-20)21-13-17(24-14-15-3-4-15)19(21)7-11-23-12-8-19/h15-17H,2-14H2,1H3. The Hall–Kier alpha value is -0.650. The molecule has 5 nitrogen and oxygen atoms in total. The molecule has 4 fully saturated rings. The van der Waals surface area contributed by atoms with Crippen LogP contribution in [0.3, 0.4) is 0 Å². The number of hydrogen-bond acceptors (Lipinski definition) is 4. The average Bonchev–Trinajstić information content (AvgIpc) is 3.45. The van der Waals surface area contributed by atoms with Crippen molar-refractivity contribution in [3.05, 3.63) is 0 Å². The molecular weight excluding hydrogens is 304 g/mol. The Kier molecular flexibility index (Phi) is 4.85. The van der Waals surface area contributed by atoms with E-state index in [1.165, 1.54) is 12.8 Å². The summed E-state index contributed by atoms with van der Waals surface area (Å²) in [7, 11) is 0. The molecule has 4 rings (SSSR count). The number of ether oxygens (including phenoxy) is 2. The smallest absolute Gasteiger partial charge is 0.222 e. The van der Waals surface area contributed by atoms with Crippen LogP contribution >= 0.6 is 0 Å². The molecule has 0 aromatic heterocycles. The predicted molar refractivity (Wildman–Crippen MR) is 91.8 cm³/mol. The maximum absolute atomic E-state index is 11.9. The molecule has 4 aliphatic rings. The highest BCUT2D eigenvalue weighted by Crippen LogP contribution is 2.45. The molecule has 1 spiro atoms. The van der Waals surface area contributed by atoms with Gasteiger partial charge >= 0.3 is 0 Å². The quantitative estimate of drug-likeness (QED) is 0.771. The van der Waals surface area contributed by atoms with Crippen LogP contribution in [-0.4, -0.2) is 72.8 Å². The third-order valence-corrected chi connectivity index (χ3v) is 6.68. The Labute approximate surface area is 145 Å². The van der Waals surface area contributed by atoms with Crippen LogP contribution in [0.5, 0.6) is 0 Å². The summed E-state index contributed by atoms with van der Waals surface area (Å²) >= 11 is 0. The lowest BCUT2D eigenvalue weighted by atomic mass is 9.73. The lowest BCUT2D eigenvalue weighted by Crippen LogP contribution is -2.76. The van der Waals surface area contributed by atoms with Gasteiger partial charge in [-0.05, 0) is 44.4 Å². The molecule has 0 bridgehead atoms. The number of rotatable bonds is 5. The van der Waals surface area contributed by atoms with Gasteiger partial charge in [-0.1, -0.05) is 6.92 Å². The second-order valence-corrected chi connectivity index (χ2v) is 8.10. The molecule has 3 heterocycles. The molecule has 5 heteroatoms. The maximum Gasteiger partial charge on any atom is 0.222 e. The van der Waals surface area contributed by atoms with Gasteiger partial charge in [-0.2, -0.15) is 0 Å². The Morgan fingerprint density at radius 2 is 1.88 bits per heavy atom. The van der Waals surface area contributed by atoms with E-state index in [0.29, 0.717) is 24.5 Å². The average molecular weight is 336 g/mol. The summed E-state index contributed by atoms with van der Waals surface area (Å²) in [6.07, 6.45) is 8.19. The van der Waals surface area contributed by atoms with E-state index in [2.05, 4.69) is 4.90 Å². The monoisotopic (exact) mass is 336 g/mol. The van der Waals surface area contributed by atoms with E-state index in [9.17, 15) is 4.79 Å². The second-order valence-electron chi connectivity index (χ2n) is 8.10. The summed E-state index contributed by atoms with van der Waals surface area (Å²) < 4.78 is 12.0. The lowest BCUT2D eigenvalue weighted by Gasteiger charge is -2.63. The molecule has 3 aliphatic heterocycles. The van der Waals surface area contributed by atoms with Crippen molar-refractivity contribution in [3.8, 4) is 0 Å². The number of piperidine rings is 1. The molecule has 1 unspecified atom stereocenters. The van der Waals surface area contributed by atoms with Crippen LogP contribution in [0.15, 0.2) is 0 Å². The first kappa shape index (κ1) is 16.8. The van der Waals surface area contributed by atoms with Crippen LogP contribution in [0, 0.1) is 5.92 Å². The van der Waals surface area contributed by atoms with Gasteiger partial charge in [0.25, 0.3) is 0 Å². The van der Waals surface area contributed by atoms with E-state index in [1.54, 1.807) is 0 Å². The molecule has 24 heavy (non-hydrogen) atoms. The van der Waals surface area contributed by atoms with Crippen molar-refractivity contribution in [3.63, 3.8) is 0 Å². The van der Waals surface area contributed by atoms with E-state index in [0.717, 1.165) is 71.1 Å². The zero-order valence-electron chi connectivity index (χ0n) is 15.0. The minimum Gasteiger partial charge on any atom is -0.381 e. The summed E-state index contributed by atoms with van der Waals surface area (Å²) in [4.78, 5) is 16.7. The molecule has 1 atom stereocenters. The van der Waals surface area contributed by atoms with Crippen molar-refractivity contribution in [1.82, 2.24) is 9.80 Å². The Bertz CT molecular complexity index is 452. The Balaban J connectivity index is 1.36. The first-order valence-electron chi connectivity index (χ1n) is 9.97. The highest BCUT2D eigenvalue weighted by molar-refractivity contribution is 5.75. The summed E-state index contributed by atoms with van der Waals surface area (Å²) in [5, 5.41) is 0. The van der Waals surface area contributed by atoms with E-state index in [4.69, 9.17) is 9.47 Å². The zero-order chi connectivity index (χ0) is 16.6. The van der Waals surface area contributed by atoms with Gasteiger partial charge in [-0.3, -0.25) is 9.69 Å². The van der Waals surface area contributed by atoms with Gasteiger partial charge in [0, 0.05) is 51.9 Å². The van der Waals surface area contributed by atoms with Gasteiger partial charge in [0.1, 0.15) is 0 Å². The number of carbonyl (C=O) groups is 1. The normalized spacial score (nSPS) is 31.2. The van der Waals surface area contributed by atoms with Crippen LogP contribution in [0.25, 0.3) is 0 Å². The molecule has 1 saturated carbocycles. The minimum atomic E-state index is 0.217. The van der Waals surface area contributed by atoms with Gasteiger partial charge in [0.2, 0.25) is 5.91 Å². The van der Waals surface area contributed by atoms with E-state index < -0.39 is 0 Å². The fourth-order valence-electron chi connectivity index (χ4n) is 4.84. The highest BCUT2D eigenvalue weighted by atomic mass is 16.5. The van der Waals surface area contributed by atoms with Crippen LogP contribution in [0.1, 0.15) is 51.9 Å². The van der Waals surface area contributed by atoms with E-state index >= 15 is 0 Å². The molecule has 1 aliphatic carbocycles. The molecule has 0 aromatic rings. The number of nitrogens with zero attached hydrogens (tertiary/aromatic N) is 2. The molecule has 0 N–H and O–H groups in total. The van der Waals surface area contributed by atoms with E-state index in [1.807, 2.05) is 11.8 Å². The van der Waals surface area contributed by atoms with Crippen LogP contribution in [0.4, 0.5) is 0 Å². The SMILES string of the molecule is CCC(=O)N1CCC(N2CC(OCC3CC3)C23CCOCC3)CC1. The highest BCUT2D eigenvalue weighted by Gasteiger charge is 2.57. The number of carbonyl (C=O) groups excluding carboxylic acids is 1. The van der Waals surface area contributed by atoms with Crippen molar-refractivity contribution >= 4 is 5.91 Å². The fraction of sp³-hybridized carbons (Fsp3) is 0.947. The maximum atomic E-state index is 11.9. The summed E-state index contributed by atoms with van der Waals surface area (Å²) in [5.41, 5.74) is 0.217. The van der Waals surface area contributed by atoms with Crippen molar-refractivity contribution < 1.29 is 14.3 Å². The minimum absolute atomic E-state index is 0.217. The second kappa shape index (κ2) is 6.93. The first-order chi connectivity index (χ1) is 11.7. The molecule has 0 aromatic carbocycles.